The molecule has 1 aliphatic carbocycles. The zero-order valence-corrected chi connectivity index (χ0v) is 19.4. The van der Waals surface area contributed by atoms with Gasteiger partial charge >= 0.3 is 11.9 Å². The fourth-order valence-corrected chi connectivity index (χ4v) is 5.31. The summed E-state index contributed by atoms with van der Waals surface area (Å²) >= 11 is 0. The molecule has 174 valence electrons. The number of hydrogen-bond acceptors (Lipinski definition) is 6. The predicted octanol–water partition coefficient (Wildman–Crippen LogP) is 3.82. The van der Waals surface area contributed by atoms with Crippen molar-refractivity contribution < 1.29 is 23.8 Å². The third-order valence-corrected chi connectivity index (χ3v) is 6.95. The van der Waals surface area contributed by atoms with Crippen LogP contribution in [0, 0.1) is 17.8 Å². The lowest BCUT2D eigenvalue weighted by Crippen LogP contribution is -2.49. The molecule has 2 aromatic rings. The van der Waals surface area contributed by atoms with Crippen LogP contribution in [0.4, 0.5) is 0 Å². The SMILES string of the molecule is COC(=O)C1C2CN(Cc3ccccc3)CCC2=CC(c2ccc(OC)cc2)C1C(=O)OC. The quantitative estimate of drug-likeness (QED) is 0.494. The Morgan fingerprint density at radius 3 is 2.21 bits per heavy atom. The van der Waals surface area contributed by atoms with Crippen molar-refractivity contribution in [3.05, 3.63) is 77.4 Å². The Balaban J connectivity index is 1.70. The molecule has 0 radical (unpaired) electrons. The lowest BCUT2D eigenvalue weighted by molar-refractivity contribution is -0.161. The van der Waals surface area contributed by atoms with Gasteiger partial charge in [-0.15, -0.1) is 0 Å². The molecule has 0 spiro atoms. The zero-order chi connectivity index (χ0) is 23.4. The van der Waals surface area contributed by atoms with Crippen LogP contribution in [-0.2, 0) is 25.6 Å². The highest BCUT2D eigenvalue weighted by Crippen LogP contribution is 2.47. The van der Waals surface area contributed by atoms with Crippen molar-refractivity contribution in [3.63, 3.8) is 0 Å². The average molecular weight is 450 g/mol. The Morgan fingerprint density at radius 1 is 0.909 bits per heavy atom. The predicted molar refractivity (Wildman–Crippen MR) is 125 cm³/mol. The molecule has 1 heterocycles. The number of fused-ring (bicyclic) bond motifs is 1. The fourth-order valence-electron chi connectivity index (χ4n) is 5.31. The van der Waals surface area contributed by atoms with Crippen LogP contribution in [0.15, 0.2) is 66.2 Å². The summed E-state index contributed by atoms with van der Waals surface area (Å²) in [6, 6.07) is 18.0. The summed E-state index contributed by atoms with van der Waals surface area (Å²) < 4.78 is 15.7. The van der Waals surface area contributed by atoms with Crippen LogP contribution in [0.5, 0.6) is 5.75 Å². The van der Waals surface area contributed by atoms with Gasteiger partial charge in [0.25, 0.3) is 0 Å². The van der Waals surface area contributed by atoms with Crippen molar-refractivity contribution in [3.8, 4) is 5.75 Å². The number of ether oxygens (including phenoxy) is 3. The minimum absolute atomic E-state index is 0.0893. The molecular weight excluding hydrogens is 418 g/mol. The smallest absolute Gasteiger partial charge is 0.310 e. The first-order valence-corrected chi connectivity index (χ1v) is 11.3. The van der Waals surface area contributed by atoms with Gasteiger partial charge in [0.1, 0.15) is 5.75 Å². The molecule has 1 saturated heterocycles. The first-order chi connectivity index (χ1) is 16.0. The third-order valence-electron chi connectivity index (χ3n) is 6.95. The summed E-state index contributed by atoms with van der Waals surface area (Å²) in [6.45, 7) is 2.41. The number of piperidine rings is 1. The number of likely N-dealkylation sites (tertiary alicyclic amines) is 1. The lowest BCUT2D eigenvalue weighted by Gasteiger charge is -2.45. The molecule has 4 rings (SSSR count). The Morgan fingerprint density at radius 2 is 1.58 bits per heavy atom. The molecule has 2 aromatic carbocycles. The molecule has 0 amide bonds. The Bertz CT molecular complexity index is 1000. The van der Waals surface area contributed by atoms with E-state index in [4.69, 9.17) is 14.2 Å². The van der Waals surface area contributed by atoms with Crippen molar-refractivity contribution in [1.82, 2.24) is 4.90 Å². The maximum Gasteiger partial charge on any atom is 0.310 e. The molecule has 33 heavy (non-hydrogen) atoms. The second-order valence-electron chi connectivity index (χ2n) is 8.72. The van der Waals surface area contributed by atoms with Crippen LogP contribution in [0.2, 0.25) is 0 Å². The standard InChI is InChI=1S/C27H31NO5/c1-31-21-11-9-19(10-12-21)22-15-20-13-14-28(16-18-7-5-4-6-8-18)17-23(20)25(27(30)33-3)24(22)26(29)32-2/h4-12,15,22-25H,13-14,16-17H2,1-3H3. The topological polar surface area (TPSA) is 65.1 Å². The summed E-state index contributed by atoms with van der Waals surface area (Å²) in [5.74, 6) is -1.61. The first-order valence-electron chi connectivity index (χ1n) is 11.3. The maximum absolute atomic E-state index is 13.1. The zero-order valence-electron chi connectivity index (χ0n) is 19.4. The summed E-state index contributed by atoms with van der Waals surface area (Å²) in [7, 11) is 4.39. The van der Waals surface area contributed by atoms with E-state index >= 15 is 0 Å². The third kappa shape index (κ3) is 4.81. The molecule has 6 heteroatoms. The van der Waals surface area contributed by atoms with Crippen molar-refractivity contribution in [1.29, 1.82) is 0 Å². The van der Waals surface area contributed by atoms with Gasteiger partial charge in [0.15, 0.2) is 0 Å². The molecule has 6 nitrogen and oxygen atoms in total. The van der Waals surface area contributed by atoms with Crippen molar-refractivity contribution >= 4 is 11.9 Å². The summed E-state index contributed by atoms with van der Waals surface area (Å²) in [5.41, 5.74) is 3.41. The summed E-state index contributed by atoms with van der Waals surface area (Å²) in [5, 5.41) is 0. The molecule has 0 N–H and O–H groups in total. The number of nitrogens with zero attached hydrogens (tertiary/aromatic N) is 1. The number of benzene rings is 2. The minimum Gasteiger partial charge on any atom is -0.497 e. The van der Waals surface area contributed by atoms with Gasteiger partial charge in [0.2, 0.25) is 0 Å². The number of rotatable bonds is 6. The van der Waals surface area contributed by atoms with E-state index in [2.05, 4.69) is 23.1 Å². The van der Waals surface area contributed by atoms with Gasteiger partial charge in [-0.05, 0) is 29.7 Å². The van der Waals surface area contributed by atoms with Gasteiger partial charge in [-0.1, -0.05) is 54.1 Å². The van der Waals surface area contributed by atoms with E-state index in [1.807, 2.05) is 42.5 Å². The summed E-state index contributed by atoms with van der Waals surface area (Å²) in [4.78, 5) is 28.5. The van der Waals surface area contributed by atoms with Crippen molar-refractivity contribution in [2.75, 3.05) is 34.4 Å². The van der Waals surface area contributed by atoms with E-state index < -0.39 is 11.8 Å². The van der Waals surface area contributed by atoms with Gasteiger partial charge in [0, 0.05) is 31.5 Å². The minimum atomic E-state index is -0.652. The second-order valence-corrected chi connectivity index (χ2v) is 8.72. The Kier molecular flexibility index (Phi) is 7.14. The van der Waals surface area contributed by atoms with E-state index in [1.54, 1.807) is 7.11 Å². The highest BCUT2D eigenvalue weighted by Gasteiger charge is 2.50. The largest absolute Gasteiger partial charge is 0.497 e. The summed E-state index contributed by atoms with van der Waals surface area (Å²) in [6.07, 6.45) is 3.04. The number of esters is 2. The normalized spacial score (nSPS) is 24.9. The van der Waals surface area contributed by atoms with Gasteiger partial charge in [-0.2, -0.15) is 0 Å². The molecule has 2 aliphatic rings. The maximum atomic E-state index is 13.1. The van der Waals surface area contributed by atoms with Gasteiger partial charge in [0.05, 0.1) is 33.2 Å². The molecule has 0 aromatic heterocycles. The van der Waals surface area contributed by atoms with Crippen molar-refractivity contribution in [2.45, 2.75) is 18.9 Å². The van der Waals surface area contributed by atoms with E-state index in [1.165, 1.54) is 25.4 Å². The number of methoxy groups -OCH3 is 3. The number of hydrogen-bond donors (Lipinski definition) is 0. The van der Waals surface area contributed by atoms with Gasteiger partial charge < -0.3 is 14.2 Å². The Hall–Kier alpha value is -3.12. The first kappa shape index (κ1) is 23.1. The number of carbonyl (C=O) groups is 2. The van der Waals surface area contributed by atoms with E-state index in [0.29, 0.717) is 6.54 Å². The van der Waals surface area contributed by atoms with Crippen LogP contribution in [-0.4, -0.2) is 51.3 Å². The molecule has 4 unspecified atom stereocenters. The molecule has 1 aliphatic heterocycles. The van der Waals surface area contributed by atoms with Crippen molar-refractivity contribution in [2.24, 2.45) is 17.8 Å². The Labute approximate surface area is 195 Å². The molecular formula is C27H31NO5. The van der Waals surface area contributed by atoms with Gasteiger partial charge in [-0.3, -0.25) is 14.5 Å². The van der Waals surface area contributed by atoms with Gasteiger partial charge in [-0.25, -0.2) is 0 Å². The van der Waals surface area contributed by atoms with Crippen LogP contribution >= 0.6 is 0 Å². The van der Waals surface area contributed by atoms with Crippen LogP contribution in [0.3, 0.4) is 0 Å². The molecule has 0 bridgehead atoms. The molecule has 0 saturated carbocycles. The molecule has 1 fully saturated rings. The highest BCUT2D eigenvalue weighted by molar-refractivity contribution is 5.84. The highest BCUT2D eigenvalue weighted by atomic mass is 16.5. The van der Waals surface area contributed by atoms with E-state index in [9.17, 15) is 9.59 Å². The van der Waals surface area contributed by atoms with E-state index in [-0.39, 0.29) is 23.8 Å². The lowest BCUT2D eigenvalue weighted by atomic mass is 9.63. The van der Waals surface area contributed by atoms with Crippen LogP contribution in [0.1, 0.15) is 23.5 Å². The monoisotopic (exact) mass is 449 g/mol. The van der Waals surface area contributed by atoms with Crippen LogP contribution in [0.25, 0.3) is 0 Å². The number of carbonyl (C=O) groups excluding carboxylic acids is 2. The van der Waals surface area contributed by atoms with E-state index in [0.717, 1.165) is 30.8 Å². The molecule has 4 atom stereocenters. The second kappa shape index (κ2) is 10.2. The average Bonchev–Trinajstić information content (AvgIpc) is 2.87. The fraction of sp³-hybridized carbons (Fsp3) is 0.407. The number of allylic oxidation sites excluding steroid dienone is 1. The van der Waals surface area contributed by atoms with Crippen LogP contribution < -0.4 is 4.74 Å².